The Kier molecular flexibility index (Phi) is 5.49. The number of carbonyl (C=O) groups is 1. The topological polar surface area (TPSA) is 66.9 Å². The Hall–Kier alpha value is -2.92. The van der Waals surface area contributed by atoms with Crippen LogP contribution in [0.4, 0.5) is 11.5 Å². The molecular formula is C20H19ClN4O. The van der Waals surface area contributed by atoms with Gasteiger partial charge in [-0.25, -0.2) is 9.97 Å². The number of benzene rings is 2. The van der Waals surface area contributed by atoms with Gasteiger partial charge in [0.25, 0.3) is 5.91 Å². The Labute approximate surface area is 157 Å². The standard InChI is InChI=1S/C20H19ClN4O/c1-13-6-8-15(9-7-13)10-23-19-12-22-18(11-24-19)20(26)25-17-5-3-4-16(21)14(17)2/h3-9,11-12H,10H2,1-2H3,(H,23,24)(H,25,26). The number of aryl methyl sites for hydroxylation is 1. The van der Waals surface area contributed by atoms with E-state index in [4.69, 9.17) is 11.6 Å². The highest BCUT2D eigenvalue weighted by Gasteiger charge is 2.11. The van der Waals surface area contributed by atoms with Crippen molar-refractivity contribution in [3.8, 4) is 0 Å². The van der Waals surface area contributed by atoms with Crippen LogP contribution in [0.5, 0.6) is 0 Å². The normalized spacial score (nSPS) is 10.4. The van der Waals surface area contributed by atoms with E-state index in [9.17, 15) is 4.79 Å². The van der Waals surface area contributed by atoms with Gasteiger partial charge in [0.2, 0.25) is 0 Å². The first-order valence-corrected chi connectivity index (χ1v) is 8.58. The quantitative estimate of drug-likeness (QED) is 0.691. The Morgan fingerprint density at radius 1 is 1.04 bits per heavy atom. The summed E-state index contributed by atoms with van der Waals surface area (Å²) in [6, 6.07) is 13.6. The summed E-state index contributed by atoms with van der Waals surface area (Å²) < 4.78 is 0. The lowest BCUT2D eigenvalue weighted by Crippen LogP contribution is -2.15. The van der Waals surface area contributed by atoms with Crippen LogP contribution < -0.4 is 10.6 Å². The summed E-state index contributed by atoms with van der Waals surface area (Å²) in [5.41, 5.74) is 4.08. The van der Waals surface area contributed by atoms with Gasteiger partial charge < -0.3 is 10.6 Å². The highest BCUT2D eigenvalue weighted by Crippen LogP contribution is 2.23. The van der Waals surface area contributed by atoms with E-state index in [1.807, 2.05) is 6.92 Å². The van der Waals surface area contributed by atoms with Gasteiger partial charge in [0.15, 0.2) is 0 Å². The SMILES string of the molecule is Cc1ccc(CNc2cnc(C(=O)Nc3cccc(Cl)c3C)cn2)cc1. The number of nitrogens with one attached hydrogen (secondary N) is 2. The molecule has 3 rings (SSSR count). The number of rotatable bonds is 5. The molecule has 0 saturated heterocycles. The van der Waals surface area contributed by atoms with Crippen molar-refractivity contribution in [2.24, 2.45) is 0 Å². The molecule has 0 unspecified atom stereocenters. The van der Waals surface area contributed by atoms with Crippen molar-refractivity contribution in [2.75, 3.05) is 10.6 Å². The monoisotopic (exact) mass is 366 g/mol. The molecule has 0 saturated carbocycles. The van der Waals surface area contributed by atoms with E-state index in [0.717, 1.165) is 11.1 Å². The number of halogens is 1. The van der Waals surface area contributed by atoms with Gasteiger partial charge in [-0.3, -0.25) is 4.79 Å². The van der Waals surface area contributed by atoms with Crippen LogP contribution in [0.2, 0.25) is 5.02 Å². The molecule has 0 bridgehead atoms. The minimum atomic E-state index is -0.326. The maximum Gasteiger partial charge on any atom is 0.275 e. The smallest absolute Gasteiger partial charge is 0.275 e. The summed E-state index contributed by atoms with van der Waals surface area (Å²) in [5.74, 6) is 0.286. The fourth-order valence-electron chi connectivity index (χ4n) is 2.36. The third-order valence-electron chi connectivity index (χ3n) is 3.99. The molecule has 0 fully saturated rings. The summed E-state index contributed by atoms with van der Waals surface area (Å²) >= 11 is 6.07. The van der Waals surface area contributed by atoms with E-state index < -0.39 is 0 Å². The summed E-state index contributed by atoms with van der Waals surface area (Å²) in [6.45, 7) is 4.54. The zero-order valence-electron chi connectivity index (χ0n) is 14.6. The number of aromatic nitrogens is 2. The Balaban J connectivity index is 1.62. The molecule has 1 aromatic heterocycles. The lowest BCUT2D eigenvalue weighted by atomic mass is 10.1. The Bertz CT molecular complexity index is 908. The van der Waals surface area contributed by atoms with Gasteiger partial charge in [0.05, 0.1) is 12.4 Å². The fraction of sp³-hybridized carbons (Fsp3) is 0.150. The van der Waals surface area contributed by atoms with E-state index in [2.05, 4.69) is 51.8 Å². The van der Waals surface area contributed by atoms with Crippen molar-refractivity contribution in [1.82, 2.24) is 9.97 Å². The molecule has 1 amide bonds. The first kappa shape index (κ1) is 17.9. The molecule has 0 aliphatic heterocycles. The molecule has 132 valence electrons. The van der Waals surface area contributed by atoms with Crippen LogP contribution in [-0.2, 0) is 6.54 Å². The maximum atomic E-state index is 12.3. The summed E-state index contributed by atoms with van der Waals surface area (Å²) in [4.78, 5) is 20.8. The number of amides is 1. The van der Waals surface area contributed by atoms with Crippen molar-refractivity contribution in [3.05, 3.63) is 82.3 Å². The number of nitrogens with zero attached hydrogens (tertiary/aromatic N) is 2. The third kappa shape index (κ3) is 4.37. The van der Waals surface area contributed by atoms with Crippen LogP contribution in [0, 0.1) is 13.8 Å². The van der Waals surface area contributed by atoms with Crippen molar-refractivity contribution in [2.45, 2.75) is 20.4 Å². The Morgan fingerprint density at radius 2 is 1.81 bits per heavy atom. The number of carbonyl (C=O) groups excluding carboxylic acids is 1. The lowest BCUT2D eigenvalue weighted by Gasteiger charge is -2.09. The molecule has 0 atom stereocenters. The minimum absolute atomic E-state index is 0.241. The zero-order valence-corrected chi connectivity index (χ0v) is 15.3. The van der Waals surface area contributed by atoms with Crippen LogP contribution in [-0.4, -0.2) is 15.9 Å². The van der Waals surface area contributed by atoms with Gasteiger partial charge in [0.1, 0.15) is 11.5 Å². The predicted octanol–water partition coefficient (Wildman–Crippen LogP) is 4.61. The molecule has 2 N–H and O–H groups in total. The molecule has 5 nitrogen and oxygen atoms in total. The second-order valence-corrected chi connectivity index (χ2v) is 6.40. The highest BCUT2D eigenvalue weighted by molar-refractivity contribution is 6.31. The first-order valence-electron chi connectivity index (χ1n) is 8.21. The van der Waals surface area contributed by atoms with Gasteiger partial charge in [-0.15, -0.1) is 0 Å². The fourth-order valence-corrected chi connectivity index (χ4v) is 2.54. The molecule has 26 heavy (non-hydrogen) atoms. The van der Waals surface area contributed by atoms with Crippen molar-refractivity contribution < 1.29 is 4.79 Å². The summed E-state index contributed by atoms with van der Waals surface area (Å²) in [6.07, 6.45) is 3.00. The van der Waals surface area contributed by atoms with Gasteiger partial charge in [0, 0.05) is 17.3 Å². The molecule has 0 aliphatic carbocycles. The molecule has 6 heteroatoms. The summed E-state index contributed by atoms with van der Waals surface area (Å²) in [5, 5.41) is 6.60. The predicted molar refractivity (Wildman–Crippen MR) is 105 cm³/mol. The zero-order chi connectivity index (χ0) is 18.5. The molecular weight excluding hydrogens is 348 g/mol. The van der Waals surface area contributed by atoms with Crippen LogP contribution >= 0.6 is 11.6 Å². The van der Waals surface area contributed by atoms with Gasteiger partial charge in [-0.2, -0.15) is 0 Å². The molecule has 0 radical (unpaired) electrons. The van der Waals surface area contributed by atoms with Crippen LogP contribution in [0.15, 0.2) is 54.9 Å². The second-order valence-electron chi connectivity index (χ2n) is 5.99. The average Bonchev–Trinajstić information content (AvgIpc) is 2.65. The first-order chi connectivity index (χ1) is 12.5. The third-order valence-corrected chi connectivity index (χ3v) is 4.40. The molecule has 0 spiro atoms. The van der Waals surface area contributed by atoms with Crippen LogP contribution in [0.25, 0.3) is 0 Å². The van der Waals surface area contributed by atoms with Crippen LogP contribution in [0.1, 0.15) is 27.2 Å². The number of hydrogen-bond donors (Lipinski definition) is 2. The highest BCUT2D eigenvalue weighted by atomic mass is 35.5. The summed E-state index contributed by atoms with van der Waals surface area (Å²) in [7, 11) is 0. The van der Waals surface area contributed by atoms with Gasteiger partial charge in [-0.1, -0.05) is 47.5 Å². The van der Waals surface area contributed by atoms with Gasteiger partial charge >= 0.3 is 0 Å². The molecule has 0 aliphatic rings. The van der Waals surface area contributed by atoms with E-state index in [1.54, 1.807) is 24.4 Å². The molecule has 3 aromatic rings. The largest absolute Gasteiger partial charge is 0.365 e. The number of anilines is 2. The van der Waals surface area contributed by atoms with E-state index >= 15 is 0 Å². The molecule has 1 heterocycles. The van der Waals surface area contributed by atoms with Crippen molar-refractivity contribution in [3.63, 3.8) is 0 Å². The lowest BCUT2D eigenvalue weighted by molar-refractivity contribution is 0.102. The van der Waals surface area contributed by atoms with Gasteiger partial charge in [-0.05, 0) is 37.1 Å². The second kappa shape index (κ2) is 7.97. The maximum absolute atomic E-state index is 12.3. The van der Waals surface area contributed by atoms with Crippen molar-refractivity contribution in [1.29, 1.82) is 0 Å². The molecule has 2 aromatic carbocycles. The number of hydrogen-bond acceptors (Lipinski definition) is 4. The van der Waals surface area contributed by atoms with E-state index in [-0.39, 0.29) is 11.6 Å². The minimum Gasteiger partial charge on any atom is -0.365 e. The average molecular weight is 367 g/mol. The van der Waals surface area contributed by atoms with E-state index in [0.29, 0.717) is 23.1 Å². The Morgan fingerprint density at radius 3 is 2.50 bits per heavy atom. The van der Waals surface area contributed by atoms with E-state index in [1.165, 1.54) is 11.8 Å². The van der Waals surface area contributed by atoms with Crippen LogP contribution in [0.3, 0.4) is 0 Å². The van der Waals surface area contributed by atoms with Crippen molar-refractivity contribution >= 4 is 29.0 Å².